The monoisotopic (exact) mass is 272 g/mol. The van der Waals surface area contributed by atoms with Crippen molar-refractivity contribution in [2.75, 3.05) is 11.5 Å². The molecule has 2 nitrogen and oxygen atoms in total. The average molecular weight is 272 g/mol. The molecule has 0 saturated carbocycles. The summed E-state index contributed by atoms with van der Waals surface area (Å²) in [6.45, 7) is 0. The molecule has 1 unspecified atom stereocenters. The number of nitrogens with two attached hydrogens (primary N) is 1. The van der Waals surface area contributed by atoms with Gasteiger partial charge in [0.15, 0.2) is 0 Å². The molecule has 0 aliphatic carbocycles. The van der Waals surface area contributed by atoms with E-state index in [1.165, 1.54) is 35.3 Å². The van der Waals surface area contributed by atoms with Gasteiger partial charge in [-0.15, -0.1) is 0 Å². The van der Waals surface area contributed by atoms with Crippen molar-refractivity contribution in [3.05, 3.63) is 42.1 Å². The van der Waals surface area contributed by atoms with Crippen LogP contribution in [0.4, 0.5) is 0 Å². The van der Waals surface area contributed by atoms with Gasteiger partial charge in [0.05, 0.1) is 5.52 Å². The van der Waals surface area contributed by atoms with E-state index in [0.717, 1.165) is 17.9 Å². The number of hydrogen-bond donors (Lipinski definition) is 1. The third kappa shape index (κ3) is 2.93. The largest absolute Gasteiger partial charge is 0.324 e. The molecule has 19 heavy (non-hydrogen) atoms. The number of fused-ring (bicyclic) bond motifs is 1. The van der Waals surface area contributed by atoms with Gasteiger partial charge in [-0.2, -0.15) is 11.8 Å². The van der Waals surface area contributed by atoms with Crippen LogP contribution >= 0.6 is 11.8 Å². The average Bonchev–Trinajstić information content (AvgIpc) is 2.47. The highest BCUT2D eigenvalue weighted by Gasteiger charge is 2.19. The molecule has 1 aromatic carbocycles. The lowest BCUT2D eigenvalue weighted by Crippen LogP contribution is -2.19. The molecule has 1 atom stereocenters. The Morgan fingerprint density at radius 1 is 1.21 bits per heavy atom. The first kappa shape index (κ1) is 12.9. The molecule has 0 spiro atoms. The maximum atomic E-state index is 6.45. The number of para-hydroxylation sites is 1. The van der Waals surface area contributed by atoms with Crippen LogP contribution in [0.3, 0.4) is 0 Å². The van der Waals surface area contributed by atoms with Gasteiger partial charge in [-0.1, -0.05) is 24.3 Å². The van der Waals surface area contributed by atoms with Gasteiger partial charge in [0.2, 0.25) is 0 Å². The maximum Gasteiger partial charge on any atom is 0.0749 e. The zero-order valence-electron chi connectivity index (χ0n) is 11.1. The van der Waals surface area contributed by atoms with Crippen LogP contribution in [0, 0.1) is 5.92 Å². The molecule has 2 N–H and O–H groups in total. The summed E-state index contributed by atoms with van der Waals surface area (Å²) in [6.07, 6.45) is 5.58. The molecule has 1 aliphatic rings. The number of aromatic nitrogens is 1. The smallest absolute Gasteiger partial charge is 0.0749 e. The van der Waals surface area contributed by atoms with E-state index >= 15 is 0 Å². The Morgan fingerprint density at radius 3 is 2.84 bits per heavy atom. The molecule has 3 heteroatoms. The molecule has 0 bridgehead atoms. The quantitative estimate of drug-likeness (QED) is 0.924. The van der Waals surface area contributed by atoms with Crippen LogP contribution < -0.4 is 5.73 Å². The summed E-state index contributed by atoms with van der Waals surface area (Å²) in [4.78, 5) is 4.51. The number of pyridine rings is 1. The number of hydrogen-bond acceptors (Lipinski definition) is 3. The molecule has 2 heterocycles. The van der Waals surface area contributed by atoms with Gasteiger partial charge in [0.25, 0.3) is 0 Å². The summed E-state index contributed by atoms with van der Waals surface area (Å²) in [5.41, 5.74) is 8.72. The molecule has 0 amide bonds. The molecule has 3 rings (SSSR count). The molecular formula is C16H20N2S. The molecule has 100 valence electrons. The molecule has 1 saturated heterocycles. The lowest BCUT2D eigenvalue weighted by atomic mass is 9.90. The highest BCUT2D eigenvalue weighted by Crippen LogP contribution is 2.31. The van der Waals surface area contributed by atoms with Crippen molar-refractivity contribution in [1.82, 2.24) is 4.98 Å². The van der Waals surface area contributed by atoms with Gasteiger partial charge >= 0.3 is 0 Å². The third-order valence-electron chi connectivity index (χ3n) is 3.99. The lowest BCUT2D eigenvalue weighted by molar-refractivity contribution is 0.414. The van der Waals surface area contributed by atoms with E-state index in [1.54, 1.807) is 0 Å². The SMILES string of the molecule is NC(CC1CCSCC1)c1cccc2cccnc12. The number of rotatable bonds is 3. The topological polar surface area (TPSA) is 38.9 Å². The highest BCUT2D eigenvalue weighted by molar-refractivity contribution is 7.99. The predicted molar refractivity (Wildman–Crippen MR) is 83.3 cm³/mol. The normalized spacial score (nSPS) is 18.6. The summed E-state index contributed by atoms with van der Waals surface area (Å²) < 4.78 is 0. The minimum Gasteiger partial charge on any atom is -0.324 e. The molecule has 1 aliphatic heterocycles. The van der Waals surface area contributed by atoms with Crippen LogP contribution in [0.5, 0.6) is 0 Å². The van der Waals surface area contributed by atoms with Crippen LogP contribution in [0.1, 0.15) is 30.9 Å². The summed E-state index contributed by atoms with van der Waals surface area (Å²) in [6, 6.07) is 10.5. The van der Waals surface area contributed by atoms with E-state index in [4.69, 9.17) is 5.73 Å². The summed E-state index contributed by atoms with van der Waals surface area (Å²) >= 11 is 2.07. The fraction of sp³-hybridized carbons (Fsp3) is 0.438. The Balaban J connectivity index is 1.82. The standard InChI is InChI=1S/C16H20N2S/c17-15(11-12-6-9-19-10-7-12)14-5-1-3-13-4-2-8-18-16(13)14/h1-5,8,12,15H,6-7,9-11,17H2. The summed E-state index contributed by atoms with van der Waals surface area (Å²) in [7, 11) is 0. The van der Waals surface area contributed by atoms with E-state index < -0.39 is 0 Å². The molecule has 0 radical (unpaired) electrons. The molecule has 2 aromatic rings. The second-order valence-electron chi connectivity index (χ2n) is 5.32. The first-order valence-electron chi connectivity index (χ1n) is 7.01. The van der Waals surface area contributed by atoms with Crippen molar-refractivity contribution in [2.45, 2.75) is 25.3 Å². The second-order valence-corrected chi connectivity index (χ2v) is 6.55. The van der Waals surface area contributed by atoms with Crippen molar-refractivity contribution in [1.29, 1.82) is 0 Å². The highest BCUT2D eigenvalue weighted by atomic mass is 32.2. The van der Waals surface area contributed by atoms with Gasteiger partial charge in [-0.25, -0.2) is 0 Å². The number of nitrogens with zero attached hydrogens (tertiary/aromatic N) is 1. The Hall–Kier alpha value is -1.06. The van der Waals surface area contributed by atoms with Crippen molar-refractivity contribution >= 4 is 22.7 Å². The molecular weight excluding hydrogens is 252 g/mol. The zero-order valence-corrected chi connectivity index (χ0v) is 11.9. The van der Waals surface area contributed by atoms with Crippen molar-refractivity contribution < 1.29 is 0 Å². The van der Waals surface area contributed by atoms with Crippen LogP contribution in [-0.2, 0) is 0 Å². The van der Waals surface area contributed by atoms with Crippen molar-refractivity contribution in [2.24, 2.45) is 11.7 Å². The van der Waals surface area contributed by atoms with Gasteiger partial charge in [0, 0.05) is 17.6 Å². The minimum absolute atomic E-state index is 0.117. The van der Waals surface area contributed by atoms with E-state index in [0.29, 0.717) is 0 Å². The zero-order chi connectivity index (χ0) is 13.1. The summed E-state index contributed by atoms with van der Waals surface area (Å²) in [5, 5.41) is 1.19. The van der Waals surface area contributed by atoms with Crippen molar-refractivity contribution in [3.63, 3.8) is 0 Å². The van der Waals surface area contributed by atoms with Crippen LogP contribution in [-0.4, -0.2) is 16.5 Å². The maximum absolute atomic E-state index is 6.45. The van der Waals surface area contributed by atoms with Crippen LogP contribution in [0.15, 0.2) is 36.5 Å². The van der Waals surface area contributed by atoms with E-state index in [2.05, 4.69) is 41.0 Å². The van der Waals surface area contributed by atoms with Crippen molar-refractivity contribution in [3.8, 4) is 0 Å². The lowest BCUT2D eigenvalue weighted by Gasteiger charge is -2.24. The summed E-state index contributed by atoms with van der Waals surface area (Å²) in [5.74, 6) is 3.38. The fourth-order valence-electron chi connectivity index (χ4n) is 2.90. The Labute approximate surface area is 118 Å². The van der Waals surface area contributed by atoms with Crippen LogP contribution in [0.25, 0.3) is 10.9 Å². The Morgan fingerprint density at radius 2 is 2.00 bits per heavy atom. The van der Waals surface area contributed by atoms with Gasteiger partial charge in [-0.05, 0) is 48.3 Å². The first-order valence-corrected chi connectivity index (χ1v) is 8.17. The van der Waals surface area contributed by atoms with Gasteiger partial charge in [0.1, 0.15) is 0 Å². The second kappa shape index (κ2) is 5.93. The van der Waals surface area contributed by atoms with E-state index in [-0.39, 0.29) is 6.04 Å². The Bertz CT molecular complexity index is 544. The molecule has 1 fully saturated rings. The van der Waals surface area contributed by atoms with E-state index in [9.17, 15) is 0 Å². The first-order chi connectivity index (χ1) is 9.34. The minimum atomic E-state index is 0.117. The van der Waals surface area contributed by atoms with Crippen LogP contribution in [0.2, 0.25) is 0 Å². The molecule has 1 aromatic heterocycles. The Kier molecular flexibility index (Phi) is 4.04. The fourth-order valence-corrected chi connectivity index (χ4v) is 4.10. The van der Waals surface area contributed by atoms with Gasteiger partial charge < -0.3 is 5.73 Å². The number of benzene rings is 1. The number of thioether (sulfide) groups is 1. The predicted octanol–water partition coefficient (Wildman–Crippen LogP) is 3.77. The third-order valence-corrected chi connectivity index (χ3v) is 5.04. The van der Waals surface area contributed by atoms with Gasteiger partial charge in [-0.3, -0.25) is 4.98 Å². The van der Waals surface area contributed by atoms with E-state index in [1.807, 2.05) is 12.3 Å².